The highest BCUT2D eigenvalue weighted by atomic mass is 16.5. The maximum atomic E-state index is 11.5. The number of fused-ring (bicyclic) bond motifs is 2. The number of carbonyl (C=O) groups is 1. The Balaban J connectivity index is 1.69. The Morgan fingerprint density at radius 2 is 1.90 bits per heavy atom. The molecule has 4 nitrogen and oxygen atoms in total. The number of benzene rings is 1. The number of hydrogen-bond acceptors (Lipinski definition) is 4. The Morgan fingerprint density at radius 1 is 1.24 bits per heavy atom. The van der Waals surface area contributed by atoms with Crippen LogP contribution in [0.3, 0.4) is 0 Å². The fraction of sp³-hybridized carbons (Fsp3) is 0.588. The summed E-state index contributed by atoms with van der Waals surface area (Å²) in [6.45, 7) is 0. The Kier molecular flexibility index (Phi) is 4.15. The van der Waals surface area contributed by atoms with Crippen molar-refractivity contribution in [1.82, 2.24) is 4.90 Å². The van der Waals surface area contributed by atoms with E-state index < -0.39 is 0 Å². The smallest absolute Gasteiger partial charge is 0.310 e. The molecule has 0 N–H and O–H groups in total. The molecule has 2 aliphatic heterocycles. The SMILES string of the molecule is COC(=O)Cc1ccccc1OC1CC2CCC(C1)N2C. The summed E-state index contributed by atoms with van der Waals surface area (Å²) >= 11 is 0. The van der Waals surface area contributed by atoms with Gasteiger partial charge in [-0.2, -0.15) is 0 Å². The lowest BCUT2D eigenvalue weighted by molar-refractivity contribution is -0.139. The second-order valence-electron chi connectivity index (χ2n) is 6.12. The molecule has 2 aliphatic rings. The van der Waals surface area contributed by atoms with E-state index in [2.05, 4.69) is 11.9 Å². The summed E-state index contributed by atoms with van der Waals surface area (Å²) in [5, 5.41) is 0. The highest BCUT2D eigenvalue weighted by Crippen LogP contribution is 2.36. The molecule has 0 amide bonds. The van der Waals surface area contributed by atoms with Crippen molar-refractivity contribution in [2.75, 3.05) is 14.2 Å². The number of rotatable bonds is 4. The Hall–Kier alpha value is -1.55. The van der Waals surface area contributed by atoms with E-state index in [-0.39, 0.29) is 18.5 Å². The van der Waals surface area contributed by atoms with Crippen molar-refractivity contribution < 1.29 is 14.3 Å². The van der Waals surface area contributed by atoms with Gasteiger partial charge in [0.2, 0.25) is 0 Å². The molecule has 2 saturated heterocycles. The van der Waals surface area contributed by atoms with Gasteiger partial charge in [0.1, 0.15) is 11.9 Å². The van der Waals surface area contributed by atoms with Gasteiger partial charge in [0.05, 0.1) is 13.5 Å². The van der Waals surface area contributed by atoms with E-state index in [0.717, 1.165) is 24.2 Å². The van der Waals surface area contributed by atoms with Crippen LogP contribution in [0.15, 0.2) is 24.3 Å². The third kappa shape index (κ3) is 3.05. The number of ether oxygens (including phenoxy) is 2. The molecule has 2 bridgehead atoms. The number of methoxy groups -OCH3 is 1. The molecule has 21 heavy (non-hydrogen) atoms. The fourth-order valence-corrected chi connectivity index (χ4v) is 3.63. The first-order chi connectivity index (χ1) is 10.2. The third-order valence-corrected chi connectivity index (χ3v) is 4.88. The lowest BCUT2D eigenvalue weighted by Crippen LogP contribution is -2.43. The van der Waals surface area contributed by atoms with Gasteiger partial charge in [0.15, 0.2) is 0 Å². The summed E-state index contributed by atoms with van der Waals surface area (Å²) in [5.41, 5.74) is 0.913. The molecule has 0 aliphatic carbocycles. The lowest BCUT2D eigenvalue weighted by atomic mass is 10.0. The van der Waals surface area contributed by atoms with Gasteiger partial charge in [-0.15, -0.1) is 0 Å². The summed E-state index contributed by atoms with van der Waals surface area (Å²) in [5.74, 6) is 0.603. The molecular formula is C17H23NO3. The number of carbonyl (C=O) groups excluding carboxylic acids is 1. The molecule has 0 saturated carbocycles. The fourth-order valence-electron chi connectivity index (χ4n) is 3.63. The molecule has 0 radical (unpaired) electrons. The number of piperidine rings is 1. The minimum Gasteiger partial charge on any atom is -0.490 e. The highest BCUT2D eigenvalue weighted by Gasteiger charge is 2.39. The molecule has 2 unspecified atom stereocenters. The standard InChI is InChI=1S/C17H23NO3/c1-18-13-7-8-14(18)11-15(10-13)21-16-6-4-3-5-12(16)9-17(19)20-2/h3-6,13-15H,7-11H2,1-2H3. The summed E-state index contributed by atoms with van der Waals surface area (Å²) in [6, 6.07) is 9.10. The average molecular weight is 289 g/mol. The predicted molar refractivity (Wildman–Crippen MR) is 80.4 cm³/mol. The molecule has 1 aromatic carbocycles. The van der Waals surface area contributed by atoms with Gasteiger partial charge in [-0.1, -0.05) is 18.2 Å². The van der Waals surface area contributed by atoms with Crippen molar-refractivity contribution in [3.05, 3.63) is 29.8 Å². The van der Waals surface area contributed by atoms with E-state index in [1.54, 1.807) is 0 Å². The molecule has 2 atom stereocenters. The average Bonchev–Trinajstić information content (AvgIpc) is 2.71. The van der Waals surface area contributed by atoms with E-state index in [1.165, 1.54) is 20.0 Å². The molecule has 0 aromatic heterocycles. The second-order valence-corrected chi connectivity index (χ2v) is 6.12. The van der Waals surface area contributed by atoms with Crippen LogP contribution in [0.25, 0.3) is 0 Å². The summed E-state index contributed by atoms with van der Waals surface area (Å²) < 4.78 is 11.0. The maximum absolute atomic E-state index is 11.5. The van der Waals surface area contributed by atoms with E-state index in [0.29, 0.717) is 12.1 Å². The van der Waals surface area contributed by atoms with Crippen LogP contribution in [0.1, 0.15) is 31.2 Å². The highest BCUT2D eigenvalue weighted by molar-refractivity contribution is 5.73. The molecule has 2 fully saturated rings. The van der Waals surface area contributed by atoms with Crippen LogP contribution in [0.4, 0.5) is 0 Å². The largest absolute Gasteiger partial charge is 0.490 e. The number of esters is 1. The first-order valence-electron chi connectivity index (χ1n) is 7.70. The van der Waals surface area contributed by atoms with Crippen LogP contribution in [0, 0.1) is 0 Å². The molecular weight excluding hydrogens is 266 g/mol. The zero-order valence-electron chi connectivity index (χ0n) is 12.7. The Bertz CT molecular complexity index is 503. The van der Waals surface area contributed by atoms with Gasteiger partial charge in [-0.05, 0) is 38.8 Å². The minimum atomic E-state index is -0.227. The van der Waals surface area contributed by atoms with Crippen LogP contribution < -0.4 is 4.74 Å². The number of nitrogens with zero attached hydrogens (tertiary/aromatic N) is 1. The van der Waals surface area contributed by atoms with Crippen molar-refractivity contribution in [2.45, 2.75) is 50.3 Å². The predicted octanol–water partition coefficient (Wildman–Crippen LogP) is 2.41. The molecule has 3 rings (SSSR count). The molecule has 1 aromatic rings. The van der Waals surface area contributed by atoms with Crippen LogP contribution in [0.2, 0.25) is 0 Å². The maximum Gasteiger partial charge on any atom is 0.310 e. The van der Waals surface area contributed by atoms with Crippen LogP contribution >= 0.6 is 0 Å². The molecule has 114 valence electrons. The zero-order valence-corrected chi connectivity index (χ0v) is 12.7. The number of para-hydroxylation sites is 1. The summed E-state index contributed by atoms with van der Waals surface area (Å²) in [7, 11) is 3.64. The van der Waals surface area contributed by atoms with Crippen LogP contribution in [-0.4, -0.2) is 43.2 Å². The van der Waals surface area contributed by atoms with Gasteiger partial charge in [-0.25, -0.2) is 0 Å². The Labute approximate surface area is 126 Å². The third-order valence-electron chi connectivity index (χ3n) is 4.88. The van der Waals surface area contributed by atoms with Crippen molar-refractivity contribution in [2.24, 2.45) is 0 Å². The van der Waals surface area contributed by atoms with E-state index >= 15 is 0 Å². The van der Waals surface area contributed by atoms with Gasteiger partial charge < -0.3 is 14.4 Å². The van der Waals surface area contributed by atoms with Gasteiger partial charge in [-0.3, -0.25) is 4.79 Å². The lowest BCUT2D eigenvalue weighted by Gasteiger charge is -2.36. The first-order valence-corrected chi connectivity index (χ1v) is 7.70. The van der Waals surface area contributed by atoms with E-state index in [4.69, 9.17) is 9.47 Å². The molecule has 2 heterocycles. The normalized spacial score (nSPS) is 28.4. The van der Waals surface area contributed by atoms with E-state index in [9.17, 15) is 4.79 Å². The molecule has 4 heteroatoms. The second kappa shape index (κ2) is 6.06. The monoisotopic (exact) mass is 289 g/mol. The first kappa shape index (κ1) is 14.4. The van der Waals surface area contributed by atoms with Gasteiger partial charge in [0, 0.05) is 17.6 Å². The molecule has 0 spiro atoms. The van der Waals surface area contributed by atoms with Crippen molar-refractivity contribution in [1.29, 1.82) is 0 Å². The van der Waals surface area contributed by atoms with Crippen LogP contribution in [-0.2, 0) is 16.0 Å². The van der Waals surface area contributed by atoms with E-state index in [1.807, 2.05) is 24.3 Å². The zero-order chi connectivity index (χ0) is 14.8. The Morgan fingerprint density at radius 3 is 2.57 bits per heavy atom. The minimum absolute atomic E-state index is 0.227. The van der Waals surface area contributed by atoms with Gasteiger partial charge in [0.25, 0.3) is 0 Å². The summed E-state index contributed by atoms with van der Waals surface area (Å²) in [4.78, 5) is 14.0. The quantitative estimate of drug-likeness (QED) is 0.798. The topological polar surface area (TPSA) is 38.8 Å². The van der Waals surface area contributed by atoms with Crippen molar-refractivity contribution >= 4 is 5.97 Å². The van der Waals surface area contributed by atoms with Crippen molar-refractivity contribution in [3.63, 3.8) is 0 Å². The number of hydrogen-bond donors (Lipinski definition) is 0. The van der Waals surface area contributed by atoms with Crippen molar-refractivity contribution in [3.8, 4) is 5.75 Å². The summed E-state index contributed by atoms with van der Waals surface area (Å²) in [6.07, 6.45) is 5.26. The van der Waals surface area contributed by atoms with Gasteiger partial charge >= 0.3 is 5.97 Å². The van der Waals surface area contributed by atoms with Crippen LogP contribution in [0.5, 0.6) is 5.75 Å².